The minimum Gasteiger partial charge on any atom is -0.344 e. The molecule has 4 rings (SSSR count). The quantitative estimate of drug-likeness (QED) is 0.605. The number of carbonyl (C=O) groups is 1. The molecule has 0 fully saturated rings. The van der Waals surface area contributed by atoms with Crippen molar-refractivity contribution in [3.05, 3.63) is 96.1 Å². The molecule has 5 heteroatoms. The lowest BCUT2D eigenvalue weighted by Crippen LogP contribution is -2.32. The molecule has 0 saturated carbocycles. The number of para-hydroxylation sites is 1. The van der Waals surface area contributed by atoms with E-state index in [0.29, 0.717) is 0 Å². The Labute approximate surface area is 151 Å². The minimum atomic E-state index is -0.209. The van der Waals surface area contributed by atoms with Crippen molar-refractivity contribution in [2.45, 2.75) is 12.6 Å². The van der Waals surface area contributed by atoms with Crippen LogP contribution in [0.15, 0.2) is 84.9 Å². The maximum absolute atomic E-state index is 12.7. The molecule has 0 aliphatic rings. The van der Waals surface area contributed by atoms with Crippen molar-refractivity contribution in [1.29, 1.82) is 0 Å². The summed E-state index contributed by atoms with van der Waals surface area (Å²) in [6.45, 7) is 0.122. The Morgan fingerprint density at radius 3 is 2.08 bits per heavy atom. The molecule has 0 spiro atoms. The van der Waals surface area contributed by atoms with Crippen molar-refractivity contribution in [3.63, 3.8) is 0 Å². The third kappa shape index (κ3) is 3.32. The van der Waals surface area contributed by atoms with Gasteiger partial charge in [0, 0.05) is 0 Å². The first-order valence-electron chi connectivity index (χ1n) is 8.49. The normalized spacial score (nSPS) is 11.0. The number of hydrogen-bond donors (Lipinski definition) is 1. The molecule has 3 aromatic carbocycles. The molecule has 0 aliphatic heterocycles. The zero-order chi connectivity index (χ0) is 17.8. The highest BCUT2D eigenvalue weighted by atomic mass is 16.2. The fraction of sp³-hybridized carbons (Fsp3) is 0.0952. The molecule has 0 aliphatic carbocycles. The summed E-state index contributed by atoms with van der Waals surface area (Å²) in [7, 11) is 0. The standard InChI is InChI=1S/C21H18N4O/c26-20(15-25-19-14-8-7-13-18(19)23-24-25)22-21(16-9-3-1-4-10-16)17-11-5-2-6-12-17/h1-14,21H,15H2,(H,22,26). The predicted molar refractivity (Wildman–Crippen MR) is 100 cm³/mol. The van der Waals surface area contributed by atoms with Crippen LogP contribution < -0.4 is 5.32 Å². The second-order valence-corrected chi connectivity index (χ2v) is 6.06. The molecule has 1 heterocycles. The first kappa shape index (κ1) is 16.0. The number of benzene rings is 3. The van der Waals surface area contributed by atoms with Crippen LogP contribution in [-0.4, -0.2) is 20.9 Å². The van der Waals surface area contributed by atoms with Gasteiger partial charge in [-0.15, -0.1) is 5.10 Å². The average Bonchev–Trinajstić information content (AvgIpc) is 3.10. The molecule has 0 bridgehead atoms. The zero-order valence-corrected chi connectivity index (χ0v) is 14.1. The summed E-state index contributed by atoms with van der Waals surface area (Å²) in [5.74, 6) is -0.113. The monoisotopic (exact) mass is 342 g/mol. The number of fused-ring (bicyclic) bond motifs is 1. The number of amides is 1. The summed E-state index contributed by atoms with van der Waals surface area (Å²) in [6, 6.07) is 27.3. The van der Waals surface area contributed by atoms with Gasteiger partial charge in [-0.2, -0.15) is 0 Å². The highest BCUT2D eigenvalue weighted by molar-refractivity contribution is 5.80. The third-order valence-corrected chi connectivity index (χ3v) is 4.28. The fourth-order valence-corrected chi connectivity index (χ4v) is 3.03. The zero-order valence-electron chi connectivity index (χ0n) is 14.1. The Balaban J connectivity index is 1.58. The number of hydrogen-bond acceptors (Lipinski definition) is 3. The van der Waals surface area contributed by atoms with E-state index in [9.17, 15) is 4.79 Å². The van der Waals surface area contributed by atoms with E-state index in [4.69, 9.17) is 0 Å². The van der Waals surface area contributed by atoms with Crippen LogP contribution in [0.4, 0.5) is 0 Å². The van der Waals surface area contributed by atoms with Crippen LogP contribution >= 0.6 is 0 Å². The van der Waals surface area contributed by atoms with Gasteiger partial charge in [0.25, 0.3) is 0 Å². The Kier molecular flexibility index (Phi) is 4.43. The molecule has 1 N–H and O–H groups in total. The van der Waals surface area contributed by atoms with Gasteiger partial charge in [0.15, 0.2) is 0 Å². The maximum Gasteiger partial charge on any atom is 0.242 e. The summed E-state index contributed by atoms with van der Waals surface area (Å²) in [4.78, 5) is 12.7. The number of nitrogens with one attached hydrogen (secondary N) is 1. The maximum atomic E-state index is 12.7. The Morgan fingerprint density at radius 1 is 0.846 bits per heavy atom. The molecule has 5 nitrogen and oxygen atoms in total. The van der Waals surface area contributed by atoms with Crippen molar-refractivity contribution in [3.8, 4) is 0 Å². The van der Waals surface area contributed by atoms with Gasteiger partial charge >= 0.3 is 0 Å². The molecule has 0 saturated heterocycles. The van der Waals surface area contributed by atoms with Gasteiger partial charge in [0.1, 0.15) is 12.1 Å². The van der Waals surface area contributed by atoms with Crippen LogP contribution in [0, 0.1) is 0 Å². The largest absolute Gasteiger partial charge is 0.344 e. The van der Waals surface area contributed by atoms with Crippen LogP contribution in [0.2, 0.25) is 0 Å². The number of rotatable bonds is 5. The number of nitrogens with zero attached hydrogens (tertiary/aromatic N) is 3. The summed E-state index contributed by atoms with van der Waals surface area (Å²) in [5, 5.41) is 11.3. The lowest BCUT2D eigenvalue weighted by Gasteiger charge is -2.20. The molecular formula is C21H18N4O. The van der Waals surface area contributed by atoms with E-state index in [1.165, 1.54) is 0 Å². The van der Waals surface area contributed by atoms with Gasteiger partial charge in [0.2, 0.25) is 5.91 Å². The summed E-state index contributed by atoms with van der Waals surface area (Å²) in [5.41, 5.74) is 3.70. The smallest absolute Gasteiger partial charge is 0.242 e. The van der Waals surface area contributed by atoms with Crippen LogP contribution in [0.5, 0.6) is 0 Å². The number of aromatic nitrogens is 3. The average molecular weight is 342 g/mol. The molecule has 1 amide bonds. The van der Waals surface area contributed by atoms with Crippen LogP contribution in [0.1, 0.15) is 17.2 Å². The molecular weight excluding hydrogens is 324 g/mol. The van der Waals surface area contributed by atoms with Crippen LogP contribution in [0.25, 0.3) is 11.0 Å². The summed E-state index contributed by atoms with van der Waals surface area (Å²) < 4.78 is 1.62. The molecule has 1 aromatic heterocycles. The summed E-state index contributed by atoms with van der Waals surface area (Å²) in [6.07, 6.45) is 0. The predicted octanol–water partition coefficient (Wildman–Crippen LogP) is 3.34. The topological polar surface area (TPSA) is 59.8 Å². The fourth-order valence-electron chi connectivity index (χ4n) is 3.03. The van der Waals surface area contributed by atoms with E-state index in [0.717, 1.165) is 22.2 Å². The van der Waals surface area contributed by atoms with Gasteiger partial charge in [-0.3, -0.25) is 4.79 Å². The lowest BCUT2D eigenvalue weighted by molar-refractivity contribution is -0.122. The molecule has 0 unspecified atom stereocenters. The van der Waals surface area contributed by atoms with Gasteiger partial charge in [0.05, 0.1) is 11.6 Å². The van der Waals surface area contributed by atoms with Crippen LogP contribution in [0.3, 0.4) is 0 Å². The first-order chi connectivity index (χ1) is 12.8. The third-order valence-electron chi connectivity index (χ3n) is 4.28. The van der Waals surface area contributed by atoms with Crippen molar-refractivity contribution in [1.82, 2.24) is 20.3 Å². The summed E-state index contributed by atoms with van der Waals surface area (Å²) >= 11 is 0. The first-order valence-corrected chi connectivity index (χ1v) is 8.49. The molecule has 0 atom stereocenters. The SMILES string of the molecule is O=C(Cn1nnc2ccccc21)NC(c1ccccc1)c1ccccc1. The van der Waals surface area contributed by atoms with Crippen molar-refractivity contribution in [2.75, 3.05) is 0 Å². The van der Waals surface area contributed by atoms with E-state index in [2.05, 4.69) is 15.6 Å². The van der Waals surface area contributed by atoms with E-state index >= 15 is 0 Å². The second kappa shape index (κ2) is 7.19. The molecule has 26 heavy (non-hydrogen) atoms. The van der Waals surface area contributed by atoms with Crippen molar-refractivity contribution >= 4 is 16.9 Å². The van der Waals surface area contributed by atoms with Gasteiger partial charge < -0.3 is 5.32 Å². The minimum absolute atomic E-state index is 0.113. The van der Waals surface area contributed by atoms with Gasteiger partial charge in [-0.05, 0) is 23.3 Å². The van der Waals surface area contributed by atoms with E-state index in [-0.39, 0.29) is 18.5 Å². The van der Waals surface area contributed by atoms with Crippen molar-refractivity contribution in [2.24, 2.45) is 0 Å². The van der Waals surface area contributed by atoms with E-state index in [1.807, 2.05) is 84.9 Å². The Morgan fingerprint density at radius 2 is 1.42 bits per heavy atom. The second-order valence-electron chi connectivity index (χ2n) is 6.06. The number of carbonyl (C=O) groups excluding carboxylic acids is 1. The van der Waals surface area contributed by atoms with E-state index < -0.39 is 0 Å². The van der Waals surface area contributed by atoms with E-state index in [1.54, 1.807) is 4.68 Å². The van der Waals surface area contributed by atoms with Crippen molar-refractivity contribution < 1.29 is 4.79 Å². The van der Waals surface area contributed by atoms with Gasteiger partial charge in [-0.25, -0.2) is 4.68 Å². The lowest BCUT2D eigenvalue weighted by atomic mass is 9.99. The highest BCUT2D eigenvalue weighted by Crippen LogP contribution is 2.21. The Hall–Kier alpha value is -3.47. The van der Waals surface area contributed by atoms with Gasteiger partial charge in [-0.1, -0.05) is 78.0 Å². The molecule has 0 radical (unpaired) electrons. The highest BCUT2D eigenvalue weighted by Gasteiger charge is 2.17. The Bertz CT molecular complexity index is 972. The molecule has 4 aromatic rings. The molecule has 128 valence electrons. The van der Waals surface area contributed by atoms with Crippen LogP contribution in [-0.2, 0) is 11.3 Å².